The number of piperidine rings is 1. The highest BCUT2D eigenvalue weighted by Crippen LogP contribution is 2.38. The fraction of sp³-hybridized carbons (Fsp3) is 0.318. The van der Waals surface area contributed by atoms with Crippen LogP contribution in [0.2, 0.25) is 0 Å². The first-order valence-corrected chi connectivity index (χ1v) is 10.1. The number of alkyl halides is 6. The molecule has 1 fully saturated rings. The average Bonchev–Trinajstić information content (AvgIpc) is 2.77. The molecular formula is C22H17F6N3O3. The Labute approximate surface area is 188 Å². The van der Waals surface area contributed by atoms with E-state index in [1.165, 1.54) is 47.5 Å². The molecule has 0 spiro atoms. The summed E-state index contributed by atoms with van der Waals surface area (Å²) in [5.41, 5.74) is -4.53. The highest BCUT2D eigenvalue weighted by Gasteiger charge is 2.54. The molecule has 1 amide bonds. The molecule has 2 aromatic heterocycles. The Balaban J connectivity index is 1.61. The van der Waals surface area contributed by atoms with Gasteiger partial charge in [0, 0.05) is 49.3 Å². The third-order valence-corrected chi connectivity index (χ3v) is 5.83. The quantitative estimate of drug-likeness (QED) is 0.559. The van der Waals surface area contributed by atoms with E-state index in [0.717, 1.165) is 4.40 Å². The third kappa shape index (κ3) is 4.25. The average molecular weight is 485 g/mol. The molecular weight excluding hydrogens is 468 g/mol. The van der Waals surface area contributed by atoms with E-state index in [9.17, 15) is 41.0 Å². The molecule has 3 heterocycles. The van der Waals surface area contributed by atoms with Crippen LogP contribution >= 0.6 is 0 Å². The molecule has 1 aliphatic rings. The van der Waals surface area contributed by atoms with Gasteiger partial charge in [0.15, 0.2) is 11.3 Å². The summed E-state index contributed by atoms with van der Waals surface area (Å²) in [6.45, 7) is -0.569. The number of halogens is 6. The number of aromatic nitrogens is 2. The van der Waals surface area contributed by atoms with Crippen LogP contribution in [-0.2, 0) is 6.18 Å². The molecule has 1 aliphatic heterocycles. The lowest BCUT2D eigenvalue weighted by atomic mass is 9.90. The van der Waals surface area contributed by atoms with E-state index in [4.69, 9.17) is 0 Å². The summed E-state index contributed by atoms with van der Waals surface area (Å²) in [6, 6.07) is 9.01. The number of amides is 1. The first-order chi connectivity index (χ1) is 15.8. The van der Waals surface area contributed by atoms with Crippen molar-refractivity contribution in [3.05, 3.63) is 70.3 Å². The first-order valence-electron chi connectivity index (χ1n) is 10.1. The van der Waals surface area contributed by atoms with Gasteiger partial charge in [-0.15, -0.1) is 0 Å². The van der Waals surface area contributed by atoms with Crippen LogP contribution in [0.25, 0.3) is 16.8 Å². The van der Waals surface area contributed by atoms with Crippen LogP contribution in [0.1, 0.15) is 28.9 Å². The van der Waals surface area contributed by atoms with Crippen molar-refractivity contribution >= 4 is 11.6 Å². The minimum Gasteiger partial charge on any atom is -0.380 e. The zero-order valence-corrected chi connectivity index (χ0v) is 17.3. The number of hydrogen-bond acceptors (Lipinski definition) is 4. The van der Waals surface area contributed by atoms with Gasteiger partial charge in [0.2, 0.25) is 0 Å². The number of pyridine rings is 1. The minimum atomic E-state index is -4.82. The van der Waals surface area contributed by atoms with E-state index in [-0.39, 0.29) is 29.9 Å². The van der Waals surface area contributed by atoms with Crippen molar-refractivity contribution < 1.29 is 36.2 Å². The molecule has 3 aromatic rings. The molecule has 1 saturated heterocycles. The summed E-state index contributed by atoms with van der Waals surface area (Å²) < 4.78 is 79.3. The summed E-state index contributed by atoms with van der Waals surface area (Å²) in [6.07, 6.45) is -9.60. The van der Waals surface area contributed by atoms with Crippen LogP contribution in [0.15, 0.2) is 53.5 Å². The molecule has 0 saturated carbocycles. The number of carbonyl (C=O) groups is 1. The number of benzene rings is 1. The lowest BCUT2D eigenvalue weighted by Gasteiger charge is -2.39. The predicted octanol–water partition coefficient (Wildman–Crippen LogP) is 3.91. The van der Waals surface area contributed by atoms with Gasteiger partial charge in [0.05, 0.1) is 0 Å². The molecule has 6 nitrogen and oxygen atoms in total. The SMILES string of the molecule is O=C(c1ccc(-c2cccn3c(=O)cc(C(F)(F)F)nc23)cc1)N1CCC(O)(C(F)(F)F)CC1. The van der Waals surface area contributed by atoms with Crippen LogP contribution in [0.5, 0.6) is 0 Å². The van der Waals surface area contributed by atoms with E-state index in [0.29, 0.717) is 11.6 Å². The van der Waals surface area contributed by atoms with Crippen molar-refractivity contribution in [2.45, 2.75) is 30.8 Å². The van der Waals surface area contributed by atoms with E-state index >= 15 is 0 Å². The Bertz CT molecular complexity index is 1290. The summed E-state index contributed by atoms with van der Waals surface area (Å²) in [5.74, 6) is -0.539. The predicted molar refractivity (Wildman–Crippen MR) is 108 cm³/mol. The van der Waals surface area contributed by atoms with Crippen LogP contribution in [-0.4, -0.2) is 50.2 Å². The molecule has 34 heavy (non-hydrogen) atoms. The topological polar surface area (TPSA) is 74.9 Å². The van der Waals surface area contributed by atoms with Gasteiger partial charge in [-0.1, -0.05) is 12.1 Å². The summed E-state index contributed by atoms with van der Waals surface area (Å²) in [7, 11) is 0. The molecule has 1 aromatic carbocycles. The minimum absolute atomic E-state index is 0.155. The molecule has 12 heteroatoms. The third-order valence-electron chi connectivity index (χ3n) is 5.83. The number of nitrogens with zero attached hydrogens (tertiary/aromatic N) is 3. The number of carbonyl (C=O) groups excluding carboxylic acids is 1. The fourth-order valence-electron chi connectivity index (χ4n) is 3.83. The molecule has 0 bridgehead atoms. The van der Waals surface area contributed by atoms with E-state index in [2.05, 4.69) is 4.98 Å². The second-order valence-electron chi connectivity index (χ2n) is 7.99. The van der Waals surface area contributed by atoms with E-state index in [1.807, 2.05) is 0 Å². The lowest BCUT2D eigenvalue weighted by molar-refractivity contribution is -0.271. The Hall–Kier alpha value is -3.41. The maximum absolute atomic E-state index is 13.1. The van der Waals surface area contributed by atoms with Gasteiger partial charge in [0.1, 0.15) is 5.65 Å². The maximum Gasteiger partial charge on any atom is 0.433 e. The lowest BCUT2D eigenvalue weighted by Crippen LogP contribution is -2.54. The number of aliphatic hydroxyl groups is 1. The molecule has 1 N–H and O–H groups in total. The number of rotatable bonds is 2. The molecule has 0 aliphatic carbocycles. The Morgan fingerprint density at radius 2 is 1.62 bits per heavy atom. The summed E-state index contributed by atoms with van der Waals surface area (Å²) in [5, 5.41) is 9.75. The van der Waals surface area contributed by atoms with Gasteiger partial charge in [0.25, 0.3) is 11.5 Å². The Morgan fingerprint density at radius 1 is 1.00 bits per heavy atom. The van der Waals surface area contributed by atoms with Crippen LogP contribution < -0.4 is 5.56 Å². The van der Waals surface area contributed by atoms with Crippen molar-refractivity contribution in [1.82, 2.24) is 14.3 Å². The fourth-order valence-corrected chi connectivity index (χ4v) is 3.83. The molecule has 0 atom stereocenters. The van der Waals surface area contributed by atoms with Gasteiger partial charge in [-0.05, 0) is 29.8 Å². The van der Waals surface area contributed by atoms with E-state index < -0.39 is 48.0 Å². The van der Waals surface area contributed by atoms with Crippen LogP contribution in [0, 0.1) is 0 Å². The van der Waals surface area contributed by atoms with Crippen LogP contribution in [0.4, 0.5) is 26.3 Å². The zero-order valence-electron chi connectivity index (χ0n) is 17.3. The van der Waals surface area contributed by atoms with Gasteiger partial charge in [-0.25, -0.2) is 4.98 Å². The first kappa shape index (κ1) is 23.7. The number of fused-ring (bicyclic) bond motifs is 1. The molecule has 0 unspecified atom stereocenters. The normalized spacial score (nSPS) is 16.6. The highest BCUT2D eigenvalue weighted by molar-refractivity contribution is 5.95. The summed E-state index contributed by atoms with van der Waals surface area (Å²) >= 11 is 0. The molecule has 4 rings (SSSR count). The van der Waals surface area contributed by atoms with Crippen molar-refractivity contribution in [2.75, 3.05) is 13.1 Å². The standard InChI is InChI=1S/C22H17F6N3O3/c23-21(24,25)16-12-17(32)31-9-1-2-15(18(31)29-16)13-3-5-14(6-4-13)19(33)30-10-7-20(34,8-11-30)22(26,27)28/h1-6,9,12,34H,7-8,10-11H2. The maximum atomic E-state index is 13.1. The van der Waals surface area contributed by atoms with Gasteiger partial charge >= 0.3 is 12.4 Å². The van der Waals surface area contributed by atoms with E-state index in [1.54, 1.807) is 0 Å². The Morgan fingerprint density at radius 3 is 2.18 bits per heavy atom. The van der Waals surface area contributed by atoms with Gasteiger partial charge in [-0.2, -0.15) is 26.3 Å². The van der Waals surface area contributed by atoms with Gasteiger partial charge in [-0.3, -0.25) is 14.0 Å². The summed E-state index contributed by atoms with van der Waals surface area (Å²) in [4.78, 5) is 29.6. The molecule has 180 valence electrons. The van der Waals surface area contributed by atoms with Crippen molar-refractivity contribution in [3.63, 3.8) is 0 Å². The second-order valence-corrected chi connectivity index (χ2v) is 7.99. The number of likely N-dealkylation sites (tertiary alicyclic amines) is 1. The monoisotopic (exact) mass is 485 g/mol. The highest BCUT2D eigenvalue weighted by atomic mass is 19.4. The van der Waals surface area contributed by atoms with Gasteiger partial charge < -0.3 is 10.0 Å². The molecule has 0 radical (unpaired) electrons. The second kappa shape index (κ2) is 8.12. The van der Waals surface area contributed by atoms with Crippen molar-refractivity contribution in [2.24, 2.45) is 0 Å². The van der Waals surface area contributed by atoms with Crippen molar-refractivity contribution in [3.8, 4) is 11.1 Å². The largest absolute Gasteiger partial charge is 0.433 e. The number of hydrogen-bond donors (Lipinski definition) is 1. The van der Waals surface area contributed by atoms with Crippen molar-refractivity contribution in [1.29, 1.82) is 0 Å². The smallest absolute Gasteiger partial charge is 0.380 e. The zero-order chi connectivity index (χ0) is 24.9. The Kier molecular flexibility index (Phi) is 5.67. The van der Waals surface area contributed by atoms with Crippen LogP contribution in [0.3, 0.4) is 0 Å².